The van der Waals surface area contributed by atoms with Crippen LogP contribution in [0.1, 0.15) is 0 Å². The normalized spacial score (nSPS) is 15.4. The molecule has 3 heterocycles. The largest absolute Gasteiger partial charge is 0.475 e. The topological polar surface area (TPSA) is 54.4 Å². The third-order valence-electron chi connectivity index (χ3n) is 4.43. The fraction of sp³-hybridized carbons (Fsp3) is 0.316. The molecule has 6 nitrogen and oxygen atoms in total. The zero-order chi connectivity index (χ0) is 16.9. The molecule has 1 aromatic carbocycles. The Kier molecular flexibility index (Phi) is 4.70. The number of anilines is 1. The van der Waals surface area contributed by atoms with E-state index in [1.807, 2.05) is 42.6 Å². The number of nitrogens with zero attached hydrogens (tertiary/aromatic N) is 5. The van der Waals surface area contributed by atoms with E-state index in [0.717, 1.165) is 49.6 Å². The van der Waals surface area contributed by atoms with Crippen molar-refractivity contribution in [1.82, 2.24) is 19.9 Å². The van der Waals surface area contributed by atoms with Crippen LogP contribution >= 0.6 is 0 Å². The second kappa shape index (κ2) is 7.44. The van der Waals surface area contributed by atoms with Crippen LogP contribution < -0.4 is 9.64 Å². The SMILES string of the molecule is c1ccc(N2CCN(CCOc3cnc4ccccc4n3)CC2)nc1. The Labute approximate surface area is 147 Å². The summed E-state index contributed by atoms with van der Waals surface area (Å²) < 4.78 is 5.79. The molecule has 3 aromatic rings. The zero-order valence-electron chi connectivity index (χ0n) is 14.1. The van der Waals surface area contributed by atoms with Gasteiger partial charge in [0.15, 0.2) is 0 Å². The maximum absolute atomic E-state index is 5.79. The molecule has 0 saturated carbocycles. The molecule has 0 unspecified atom stereocenters. The van der Waals surface area contributed by atoms with Crippen LogP contribution in [-0.4, -0.2) is 59.2 Å². The lowest BCUT2D eigenvalue weighted by Crippen LogP contribution is -2.47. The van der Waals surface area contributed by atoms with Gasteiger partial charge in [-0.05, 0) is 24.3 Å². The van der Waals surface area contributed by atoms with Crippen molar-refractivity contribution in [3.63, 3.8) is 0 Å². The molecule has 1 saturated heterocycles. The second-order valence-corrected chi connectivity index (χ2v) is 6.06. The lowest BCUT2D eigenvalue weighted by Gasteiger charge is -2.35. The van der Waals surface area contributed by atoms with E-state index in [9.17, 15) is 0 Å². The lowest BCUT2D eigenvalue weighted by atomic mass is 10.3. The van der Waals surface area contributed by atoms with Crippen LogP contribution in [0.3, 0.4) is 0 Å². The van der Waals surface area contributed by atoms with Gasteiger partial charge in [0.2, 0.25) is 5.88 Å². The van der Waals surface area contributed by atoms with Gasteiger partial charge in [-0.1, -0.05) is 18.2 Å². The highest BCUT2D eigenvalue weighted by atomic mass is 16.5. The zero-order valence-corrected chi connectivity index (χ0v) is 14.1. The summed E-state index contributed by atoms with van der Waals surface area (Å²) in [6, 6.07) is 13.9. The molecule has 4 rings (SSSR count). The summed E-state index contributed by atoms with van der Waals surface area (Å²) in [6.07, 6.45) is 3.54. The van der Waals surface area contributed by atoms with Crippen molar-refractivity contribution in [3.8, 4) is 5.88 Å². The van der Waals surface area contributed by atoms with Crippen molar-refractivity contribution in [3.05, 3.63) is 54.9 Å². The number of para-hydroxylation sites is 2. The Hall–Kier alpha value is -2.73. The van der Waals surface area contributed by atoms with Crippen molar-refractivity contribution in [2.75, 3.05) is 44.2 Å². The molecule has 1 aliphatic heterocycles. The number of fused-ring (bicyclic) bond motifs is 1. The first-order valence-electron chi connectivity index (χ1n) is 8.61. The van der Waals surface area contributed by atoms with E-state index in [1.165, 1.54) is 0 Å². The molecule has 0 aliphatic carbocycles. The number of hydrogen-bond donors (Lipinski definition) is 0. The number of ether oxygens (including phenoxy) is 1. The van der Waals surface area contributed by atoms with E-state index in [2.05, 4.69) is 30.8 Å². The maximum atomic E-state index is 5.79. The first-order valence-corrected chi connectivity index (χ1v) is 8.61. The van der Waals surface area contributed by atoms with Crippen LogP contribution in [0, 0.1) is 0 Å². The van der Waals surface area contributed by atoms with E-state index < -0.39 is 0 Å². The Morgan fingerprint density at radius 3 is 2.48 bits per heavy atom. The van der Waals surface area contributed by atoms with Crippen molar-refractivity contribution >= 4 is 16.9 Å². The van der Waals surface area contributed by atoms with Gasteiger partial charge in [-0.2, -0.15) is 0 Å². The molecule has 25 heavy (non-hydrogen) atoms. The van der Waals surface area contributed by atoms with Gasteiger partial charge < -0.3 is 9.64 Å². The Bertz CT molecular complexity index is 818. The smallest absolute Gasteiger partial charge is 0.232 e. The van der Waals surface area contributed by atoms with Gasteiger partial charge in [-0.25, -0.2) is 15.0 Å². The van der Waals surface area contributed by atoms with Gasteiger partial charge in [0.25, 0.3) is 0 Å². The minimum atomic E-state index is 0.589. The van der Waals surface area contributed by atoms with Crippen molar-refractivity contribution in [2.45, 2.75) is 0 Å². The van der Waals surface area contributed by atoms with Gasteiger partial charge in [0, 0.05) is 38.9 Å². The van der Waals surface area contributed by atoms with Gasteiger partial charge in [-0.15, -0.1) is 0 Å². The molecule has 0 spiro atoms. The molecular weight excluding hydrogens is 314 g/mol. The molecule has 0 N–H and O–H groups in total. The summed E-state index contributed by atoms with van der Waals surface area (Å²) in [5.41, 5.74) is 1.75. The van der Waals surface area contributed by atoms with E-state index in [0.29, 0.717) is 12.5 Å². The van der Waals surface area contributed by atoms with E-state index in [4.69, 9.17) is 4.74 Å². The molecule has 0 bridgehead atoms. The molecule has 2 aromatic heterocycles. The number of aromatic nitrogens is 3. The average Bonchev–Trinajstić information content (AvgIpc) is 2.69. The van der Waals surface area contributed by atoms with Gasteiger partial charge in [0.1, 0.15) is 12.4 Å². The van der Waals surface area contributed by atoms with Gasteiger partial charge in [-0.3, -0.25) is 4.90 Å². The Morgan fingerprint density at radius 2 is 1.68 bits per heavy atom. The third kappa shape index (κ3) is 3.85. The molecule has 1 aliphatic rings. The van der Waals surface area contributed by atoms with Crippen LogP contribution in [0.5, 0.6) is 5.88 Å². The van der Waals surface area contributed by atoms with E-state index in [-0.39, 0.29) is 0 Å². The highest BCUT2D eigenvalue weighted by Gasteiger charge is 2.17. The first-order chi connectivity index (χ1) is 12.4. The van der Waals surface area contributed by atoms with Gasteiger partial charge in [0.05, 0.1) is 17.2 Å². The summed E-state index contributed by atoms with van der Waals surface area (Å²) >= 11 is 0. The summed E-state index contributed by atoms with van der Waals surface area (Å²) in [4.78, 5) is 18.0. The summed E-state index contributed by atoms with van der Waals surface area (Å²) in [6.45, 7) is 5.54. The maximum Gasteiger partial charge on any atom is 0.232 e. The van der Waals surface area contributed by atoms with Gasteiger partial charge >= 0.3 is 0 Å². The average molecular weight is 335 g/mol. The Morgan fingerprint density at radius 1 is 0.880 bits per heavy atom. The van der Waals surface area contributed by atoms with Crippen LogP contribution in [-0.2, 0) is 0 Å². The van der Waals surface area contributed by atoms with Crippen LogP contribution in [0.25, 0.3) is 11.0 Å². The molecule has 0 atom stereocenters. The summed E-state index contributed by atoms with van der Waals surface area (Å²) in [5.74, 6) is 1.65. The number of pyridine rings is 1. The predicted octanol–water partition coefficient (Wildman–Crippen LogP) is 2.23. The standard InChI is InChI=1S/C19H21N5O/c1-2-6-17-16(5-1)21-15-19(22-17)25-14-13-23-9-11-24(12-10-23)18-7-3-4-8-20-18/h1-8,15H,9-14H2. The van der Waals surface area contributed by atoms with Crippen molar-refractivity contribution in [1.29, 1.82) is 0 Å². The van der Waals surface area contributed by atoms with Crippen LogP contribution in [0.15, 0.2) is 54.9 Å². The van der Waals surface area contributed by atoms with Crippen LogP contribution in [0.2, 0.25) is 0 Å². The molecule has 0 amide bonds. The number of hydrogen-bond acceptors (Lipinski definition) is 6. The molecule has 6 heteroatoms. The monoisotopic (exact) mass is 335 g/mol. The minimum Gasteiger partial charge on any atom is -0.475 e. The van der Waals surface area contributed by atoms with Crippen molar-refractivity contribution in [2.24, 2.45) is 0 Å². The number of rotatable bonds is 5. The minimum absolute atomic E-state index is 0.589. The predicted molar refractivity (Wildman–Crippen MR) is 97.9 cm³/mol. The van der Waals surface area contributed by atoms with Crippen molar-refractivity contribution < 1.29 is 4.74 Å². The third-order valence-corrected chi connectivity index (χ3v) is 4.43. The molecule has 1 fully saturated rings. The quantitative estimate of drug-likeness (QED) is 0.713. The highest BCUT2D eigenvalue weighted by Crippen LogP contribution is 2.14. The highest BCUT2D eigenvalue weighted by molar-refractivity contribution is 5.73. The Balaban J connectivity index is 1.25. The molecule has 128 valence electrons. The fourth-order valence-electron chi connectivity index (χ4n) is 3.03. The number of piperazine rings is 1. The fourth-order valence-corrected chi connectivity index (χ4v) is 3.03. The number of benzene rings is 1. The van der Waals surface area contributed by atoms with E-state index >= 15 is 0 Å². The summed E-state index contributed by atoms with van der Waals surface area (Å²) in [7, 11) is 0. The van der Waals surface area contributed by atoms with Crippen LogP contribution in [0.4, 0.5) is 5.82 Å². The second-order valence-electron chi connectivity index (χ2n) is 6.06. The molecular formula is C19H21N5O. The summed E-state index contributed by atoms with van der Waals surface area (Å²) in [5, 5.41) is 0. The van der Waals surface area contributed by atoms with E-state index in [1.54, 1.807) is 6.20 Å². The first kappa shape index (κ1) is 15.8. The molecule has 0 radical (unpaired) electrons. The lowest BCUT2D eigenvalue weighted by molar-refractivity contribution is 0.197.